The van der Waals surface area contributed by atoms with E-state index in [0.29, 0.717) is 47.8 Å². The summed E-state index contributed by atoms with van der Waals surface area (Å²) in [5.41, 5.74) is 3.02. The first-order chi connectivity index (χ1) is 17.0. The van der Waals surface area contributed by atoms with Gasteiger partial charge in [-0.05, 0) is 70.2 Å². The molecular formula is C26H28N4O4S. The van der Waals surface area contributed by atoms with Gasteiger partial charge in [0, 0.05) is 22.6 Å². The first-order valence-electron chi connectivity index (χ1n) is 11.5. The standard InChI is InChI=1S/C26H28N4O4S/c1-5-32-20-11-8-18(9-12-20)21-16-35-26(27-21)30-24(14-17(4)29-30)28-25(31)19-10-13-22(33-6-2)23(15-19)34-7-3/h8-16H,5-7H2,1-4H3,(H,28,31). The molecule has 4 rings (SSSR count). The van der Waals surface area contributed by atoms with Crippen molar-refractivity contribution in [1.29, 1.82) is 0 Å². The topological polar surface area (TPSA) is 87.5 Å². The van der Waals surface area contributed by atoms with E-state index in [4.69, 9.17) is 19.2 Å². The maximum Gasteiger partial charge on any atom is 0.256 e. The molecule has 0 aliphatic heterocycles. The average Bonchev–Trinajstić information content (AvgIpc) is 3.48. The van der Waals surface area contributed by atoms with Crippen molar-refractivity contribution < 1.29 is 19.0 Å². The number of nitrogens with one attached hydrogen (secondary N) is 1. The minimum atomic E-state index is -0.279. The van der Waals surface area contributed by atoms with E-state index in [0.717, 1.165) is 22.7 Å². The molecule has 2 aromatic heterocycles. The zero-order valence-electron chi connectivity index (χ0n) is 20.2. The van der Waals surface area contributed by atoms with Crippen molar-refractivity contribution in [3.63, 3.8) is 0 Å². The van der Waals surface area contributed by atoms with Crippen LogP contribution in [0.2, 0.25) is 0 Å². The van der Waals surface area contributed by atoms with Crippen LogP contribution in [0.3, 0.4) is 0 Å². The number of benzene rings is 2. The van der Waals surface area contributed by atoms with E-state index in [2.05, 4.69) is 10.4 Å². The van der Waals surface area contributed by atoms with E-state index in [1.165, 1.54) is 11.3 Å². The Balaban J connectivity index is 1.56. The van der Waals surface area contributed by atoms with Gasteiger partial charge in [-0.2, -0.15) is 9.78 Å². The lowest BCUT2D eigenvalue weighted by Crippen LogP contribution is -2.15. The Morgan fingerprint density at radius 2 is 1.66 bits per heavy atom. The molecule has 0 bridgehead atoms. The van der Waals surface area contributed by atoms with Gasteiger partial charge in [0.1, 0.15) is 11.6 Å². The molecule has 0 spiro atoms. The summed E-state index contributed by atoms with van der Waals surface area (Å²) in [6, 6.07) is 14.8. The molecule has 1 amide bonds. The Morgan fingerprint density at radius 3 is 2.37 bits per heavy atom. The van der Waals surface area contributed by atoms with Crippen molar-refractivity contribution in [3.05, 3.63) is 65.2 Å². The molecule has 0 saturated carbocycles. The second-order valence-corrected chi connectivity index (χ2v) is 8.37. The van der Waals surface area contributed by atoms with E-state index in [1.54, 1.807) is 22.9 Å². The Kier molecular flexibility index (Phi) is 7.67. The van der Waals surface area contributed by atoms with Gasteiger partial charge in [0.2, 0.25) is 5.13 Å². The van der Waals surface area contributed by atoms with Crippen LogP contribution in [0.4, 0.5) is 5.82 Å². The Morgan fingerprint density at radius 1 is 0.943 bits per heavy atom. The Bertz CT molecular complexity index is 1300. The minimum Gasteiger partial charge on any atom is -0.494 e. The number of ether oxygens (including phenoxy) is 3. The van der Waals surface area contributed by atoms with E-state index in [1.807, 2.05) is 63.4 Å². The van der Waals surface area contributed by atoms with Gasteiger partial charge in [-0.25, -0.2) is 4.98 Å². The predicted molar refractivity (Wildman–Crippen MR) is 137 cm³/mol. The first kappa shape index (κ1) is 24.3. The van der Waals surface area contributed by atoms with Gasteiger partial charge in [0.15, 0.2) is 11.5 Å². The van der Waals surface area contributed by atoms with E-state index < -0.39 is 0 Å². The molecule has 0 radical (unpaired) electrons. The number of rotatable bonds is 10. The van der Waals surface area contributed by atoms with Crippen LogP contribution in [0.5, 0.6) is 17.2 Å². The highest BCUT2D eigenvalue weighted by Gasteiger charge is 2.17. The summed E-state index contributed by atoms with van der Waals surface area (Å²) < 4.78 is 18.4. The molecule has 2 aromatic carbocycles. The molecule has 35 heavy (non-hydrogen) atoms. The second kappa shape index (κ2) is 11.1. The number of carbonyl (C=O) groups excluding carboxylic acids is 1. The van der Waals surface area contributed by atoms with Crippen molar-refractivity contribution in [2.24, 2.45) is 0 Å². The highest BCUT2D eigenvalue weighted by Crippen LogP contribution is 2.30. The molecule has 2 heterocycles. The number of thiazole rings is 1. The van der Waals surface area contributed by atoms with Gasteiger partial charge < -0.3 is 19.5 Å². The molecule has 0 aliphatic rings. The van der Waals surface area contributed by atoms with Crippen LogP contribution < -0.4 is 19.5 Å². The van der Waals surface area contributed by atoms with E-state index >= 15 is 0 Å². The van der Waals surface area contributed by atoms with E-state index in [-0.39, 0.29) is 5.91 Å². The zero-order chi connectivity index (χ0) is 24.8. The molecule has 0 atom stereocenters. The van der Waals surface area contributed by atoms with Crippen LogP contribution in [0.1, 0.15) is 36.8 Å². The van der Waals surface area contributed by atoms with Crippen molar-refractivity contribution in [3.8, 4) is 33.6 Å². The number of carbonyl (C=O) groups is 1. The summed E-state index contributed by atoms with van der Waals surface area (Å²) >= 11 is 1.45. The molecular weight excluding hydrogens is 464 g/mol. The third kappa shape index (κ3) is 5.63. The van der Waals surface area contributed by atoms with Crippen molar-refractivity contribution in [2.75, 3.05) is 25.1 Å². The number of aryl methyl sites for hydroxylation is 1. The lowest BCUT2D eigenvalue weighted by molar-refractivity contribution is 0.102. The smallest absolute Gasteiger partial charge is 0.256 e. The highest BCUT2D eigenvalue weighted by molar-refractivity contribution is 7.12. The maximum atomic E-state index is 13.1. The average molecular weight is 493 g/mol. The van der Waals surface area contributed by atoms with Crippen molar-refractivity contribution >= 4 is 23.1 Å². The minimum absolute atomic E-state index is 0.279. The fraction of sp³-hybridized carbons (Fsp3) is 0.269. The van der Waals surface area contributed by atoms with Crippen molar-refractivity contribution in [1.82, 2.24) is 14.8 Å². The number of hydrogen-bond donors (Lipinski definition) is 1. The monoisotopic (exact) mass is 492 g/mol. The van der Waals surface area contributed by atoms with Crippen LogP contribution in [-0.2, 0) is 0 Å². The first-order valence-corrected chi connectivity index (χ1v) is 12.4. The van der Waals surface area contributed by atoms with E-state index in [9.17, 15) is 4.79 Å². The van der Waals surface area contributed by atoms with Gasteiger partial charge in [-0.3, -0.25) is 4.79 Å². The molecule has 8 nitrogen and oxygen atoms in total. The number of nitrogens with zero attached hydrogens (tertiary/aromatic N) is 3. The van der Waals surface area contributed by atoms with Crippen LogP contribution in [0.25, 0.3) is 16.4 Å². The SMILES string of the molecule is CCOc1ccc(-c2csc(-n3nc(C)cc3NC(=O)c3ccc(OCC)c(OCC)c3)n2)cc1. The third-order valence-electron chi connectivity index (χ3n) is 5.01. The van der Waals surface area contributed by atoms with Gasteiger partial charge >= 0.3 is 0 Å². The summed E-state index contributed by atoms with van der Waals surface area (Å²) in [4.78, 5) is 17.8. The lowest BCUT2D eigenvalue weighted by atomic mass is 10.2. The number of aromatic nitrogens is 3. The number of hydrogen-bond acceptors (Lipinski definition) is 7. The summed E-state index contributed by atoms with van der Waals surface area (Å²) in [6.07, 6.45) is 0. The summed E-state index contributed by atoms with van der Waals surface area (Å²) in [7, 11) is 0. The fourth-order valence-corrected chi connectivity index (χ4v) is 4.29. The van der Waals surface area contributed by atoms with Gasteiger partial charge in [0.25, 0.3) is 5.91 Å². The highest BCUT2D eigenvalue weighted by atomic mass is 32.1. The fourth-order valence-electron chi connectivity index (χ4n) is 3.50. The largest absolute Gasteiger partial charge is 0.494 e. The third-order valence-corrected chi connectivity index (χ3v) is 5.83. The Labute approximate surface area is 208 Å². The summed E-state index contributed by atoms with van der Waals surface area (Å²) in [6.45, 7) is 9.22. The van der Waals surface area contributed by atoms with Gasteiger partial charge in [-0.15, -0.1) is 11.3 Å². The molecule has 0 saturated heterocycles. The molecule has 0 unspecified atom stereocenters. The maximum absolute atomic E-state index is 13.1. The molecule has 0 aliphatic carbocycles. The number of anilines is 1. The Hall–Kier alpha value is -3.85. The van der Waals surface area contributed by atoms with Crippen LogP contribution >= 0.6 is 11.3 Å². The van der Waals surface area contributed by atoms with Crippen LogP contribution in [0.15, 0.2) is 53.9 Å². The summed E-state index contributed by atoms with van der Waals surface area (Å²) in [5, 5.41) is 10.1. The normalized spacial score (nSPS) is 10.7. The van der Waals surface area contributed by atoms with Crippen LogP contribution in [-0.4, -0.2) is 40.5 Å². The zero-order valence-corrected chi connectivity index (χ0v) is 21.0. The predicted octanol–water partition coefficient (Wildman–Crippen LogP) is 5.75. The molecule has 0 fully saturated rings. The molecule has 9 heteroatoms. The summed E-state index contributed by atoms with van der Waals surface area (Å²) in [5.74, 6) is 2.22. The molecule has 182 valence electrons. The quantitative estimate of drug-likeness (QED) is 0.303. The van der Waals surface area contributed by atoms with Crippen molar-refractivity contribution in [2.45, 2.75) is 27.7 Å². The molecule has 1 N–H and O–H groups in total. The van der Waals surface area contributed by atoms with Gasteiger partial charge in [0.05, 0.1) is 31.2 Å². The van der Waals surface area contributed by atoms with Gasteiger partial charge in [-0.1, -0.05) is 0 Å². The number of amides is 1. The van der Waals surface area contributed by atoms with Crippen LogP contribution in [0, 0.1) is 6.92 Å². The molecule has 4 aromatic rings. The second-order valence-electron chi connectivity index (χ2n) is 7.54. The lowest BCUT2D eigenvalue weighted by Gasteiger charge is -2.12.